The Kier molecular flexibility index (Phi) is 12.6. The third-order valence-electron chi connectivity index (χ3n) is 6.38. The van der Waals surface area contributed by atoms with E-state index >= 15 is 0 Å². The molecule has 1 heterocycles. The molecular formula is C32H32BrIN4O6S. The molecule has 0 spiro atoms. The van der Waals surface area contributed by atoms with Crippen LogP contribution >= 0.6 is 50.7 Å². The number of esters is 1. The number of carbonyl (C=O) groups is 2. The summed E-state index contributed by atoms with van der Waals surface area (Å²) in [7, 11) is 0. The molecule has 45 heavy (non-hydrogen) atoms. The van der Waals surface area contributed by atoms with E-state index in [1.165, 1.54) is 6.21 Å². The Morgan fingerprint density at radius 2 is 1.80 bits per heavy atom. The van der Waals surface area contributed by atoms with E-state index in [4.69, 9.17) is 31.2 Å². The van der Waals surface area contributed by atoms with Gasteiger partial charge in [0.25, 0.3) is 5.91 Å². The molecule has 1 aliphatic rings. The van der Waals surface area contributed by atoms with Crippen LogP contribution in [0.1, 0.15) is 43.5 Å². The van der Waals surface area contributed by atoms with Crippen LogP contribution in [0.2, 0.25) is 0 Å². The van der Waals surface area contributed by atoms with Crippen LogP contribution in [0.3, 0.4) is 0 Å². The van der Waals surface area contributed by atoms with Gasteiger partial charge in [-0.2, -0.15) is 5.10 Å². The lowest BCUT2D eigenvalue weighted by Gasteiger charge is -2.30. The molecule has 3 aromatic carbocycles. The Bertz CT molecular complexity index is 1620. The molecule has 0 saturated heterocycles. The minimum absolute atomic E-state index is 0.225. The van der Waals surface area contributed by atoms with E-state index in [0.717, 1.165) is 13.6 Å². The second-order valence-corrected chi connectivity index (χ2v) is 12.1. The molecule has 3 N–H and O–H groups in total. The third kappa shape index (κ3) is 9.41. The highest BCUT2D eigenvalue weighted by atomic mass is 127. The van der Waals surface area contributed by atoms with Crippen LogP contribution in [0, 0.1) is 3.57 Å². The largest absolute Gasteiger partial charge is 0.490 e. The van der Waals surface area contributed by atoms with Gasteiger partial charge in [-0.15, -0.1) is 0 Å². The predicted molar refractivity (Wildman–Crippen MR) is 187 cm³/mol. The maximum Gasteiger partial charge on any atom is 0.338 e. The summed E-state index contributed by atoms with van der Waals surface area (Å²) in [6, 6.07) is 18.1. The van der Waals surface area contributed by atoms with Crippen molar-refractivity contribution in [2.75, 3.05) is 19.8 Å². The number of nitrogens with zero attached hydrogens (tertiary/aromatic N) is 1. The summed E-state index contributed by atoms with van der Waals surface area (Å²) in [6.07, 6.45) is 1.52. The van der Waals surface area contributed by atoms with Crippen LogP contribution in [-0.4, -0.2) is 43.0 Å². The van der Waals surface area contributed by atoms with Crippen molar-refractivity contribution in [1.29, 1.82) is 0 Å². The van der Waals surface area contributed by atoms with Gasteiger partial charge in [0.05, 0.1) is 34.6 Å². The zero-order valence-electron chi connectivity index (χ0n) is 24.8. The normalized spacial score (nSPS) is 14.4. The van der Waals surface area contributed by atoms with E-state index in [2.05, 4.69) is 59.7 Å². The van der Waals surface area contributed by atoms with Crippen molar-refractivity contribution < 1.29 is 28.5 Å². The zero-order valence-corrected chi connectivity index (χ0v) is 29.4. The molecule has 0 aromatic heterocycles. The number of para-hydroxylation sites is 1. The van der Waals surface area contributed by atoms with Crippen LogP contribution in [0.5, 0.6) is 17.2 Å². The summed E-state index contributed by atoms with van der Waals surface area (Å²) < 4.78 is 24.9. The lowest BCUT2D eigenvalue weighted by molar-refractivity contribution is -0.139. The molecule has 1 aliphatic heterocycles. The quantitative estimate of drug-likeness (QED) is 0.0637. The zero-order chi connectivity index (χ0) is 32.3. The summed E-state index contributed by atoms with van der Waals surface area (Å²) in [5.74, 6) is 0.667. The fraction of sp³-hybridized carbons (Fsp3) is 0.250. The lowest BCUT2D eigenvalue weighted by Crippen LogP contribution is -2.45. The Balaban J connectivity index is 1.41. The molecule has 4 rings (SSSR count). The van der Waals surface area contributed by atoms with Gasteiger partial charge in [0.15, 0.2) is 23.2 Å². The predicted octanol–water partition coefficient (Wildman–Crippen LogP) is 5.92. The van der Waals surface area contributed by atoms with E-state index in [0.29, 0.717) is 58.0 Å². The molecule has 0 saturated carbocycles. The van der Waals surface area contributed by atoms with Gasteiger partial charge in [0, 0.05) is 15.7 Å². The van der Waals surface area contributed by atoms with Gasteiger partial charge in [-0.3, -0.25) is 4.79 Å². The first-order valence-corrected chi connectivity index (χ1v) is 16.3. The maximum atomic E-state index is 12.8. The smallest absolute Gasteiger partial charge is 0.338 e. The minimum atomic E-state index is -0.626. The molecule has 0 fully saturated rings. The van der Waals surface area contributed by atoms with Crippen LogP contribution < -0.4 is 30.3 Å². The Morgan fingerprint density at radius 3 is 2.53 bits per heavy atom. The number of hydrogen-bond donors (Lipinski definition) is 3. The monoisotopic (exact) mass is 806 g/mol. The fourth-order valence-electron chi connectivity index (χ4n) is 4.41. The summed E-state index contributed by atoms with van der Waals surface area (Å²) in [5.41, 5.74) is 5.81. The summed E-state index contributed by atoms with van der Waals surface area (Å²) in [4.78, 5) is 25.4. The van der Waals surface area contributed by atoms with E-state index in [1.54, 1.807) is 38.1 Å². The molecule has 1 amide bonds. The molecule has 0 aliphatic carbocycles. The SMILES string of the molecule is CCOC(=O)C1=C(C)NC(=S)N[C@@H]1c1ccccc1OCC(=O)NN=Cc1cc(I)c(OCc2ccc(Br)cc2)c(OCC)c1. The van der Waals surface area contributed by atoms with E-state index < -0.39 is 17.9 Å². The highest BCUT2D eigenvalue weighted by Gasteiger charge is 2.32. The molecule has 0 unspecified atom stereocenters. The van der Waals surface area contributed by atoms with Crippen molar-refractivity contribution >= 4 is 73.9 Å². The average Bonchev–Trinajstić information content (AvgIpc) is 3.00. The number of ether oxygens (including phenoxy) is 4. The molecule has 236 valence electrons. The van der Waals surface area contributed by atoms with Crippen molar-refractivity contribution in [1.82, 2.24) is 16.1 Å². The molecule has 3 aromatic rings. The van der Waals surface area contributed by atoms with Crippen molar-refractivity contribution in [3.8, 4) is 17.2 Å². The van der Waals surface area contributed by atoms with Crippen molar-refractivity contribution in [2.24, 2.45) is 5.10 Å². The number of carbonyl (C=O) groups excluding carboxylic acids is 2. The Labute approximate surface area is 289 Å². The van der Waals surface area contributed by atoms with Crippen LogP contribution in [0.4, 0.5) is 0 Å². The van der Waals surface area contributed by atoms with E-state index in [9.17, 15) is 9.59 Å². The fourth-order valence-corrected chi connectivity index (χ4v) is 5.73. The van der Waals surface area contributed by atoms with Gasteiger partial charge in [0.2, 0.25) is 0 Å². The number of hydrogen-bond acceptors (Lipinski definition) is 8. The van der Waals surface area contributed by atoms with Gasteiger partial charge in [-0.1, -0.05) is 46.3 Å². The second-order valence-electron chi connectivity index (χ2n) is 9.59. The molecular weight excluding hydrogens is 775 g/mol. The second kappa shape index (κ2) is 16.6. The maximum absolute atomic E-state index is 12.8. The van der Waals surface area contributed by atoms with Crippen LogP contribution in [-0.2, 0) is 20.9 Å². The Morgan fingerprint density at radius 1 is 1.04 bits per heavy atom. The number of amides is 1. The van der Waals surface area contributed by atoms with Crippen molar-refractivity contribution in [2.45, 2.75) is 33.4 Å². The van der Waals surface area contributed by atoms with Crippen LogP contribution in [0.25, 0.3) is 0 Å². The number of benzene rings is 3. The summed E-state index contributed by atoms with van der Waals surface area (Å²) >= 11 is 11.0. The molecule has 0 bridgehead atoms. The lowest BCUT2D eigenvalue weighted by atomic mass is 9.95. The molecule has 10 nitrogen and oxygen atoms in total. The third-order valence-corrected chi connectivity index (χ3v) is 7.93. The molecule has 0 radical (unpaired) electrons. The van der Waals surface area contributed by atoms with E-state index in [1.807, 2.05) is 43.3 Å². The van der Waals surface area contributed by atoms with Gasteiger partial charge >= 0.3 is 5.97 Å². The number of nitrogens with one attached hydrogen (secondary N) is 3. The van der Waals surface area contributed by atoms with Gasteiger partial charge in [-0.25, -0.2) is 10.2 Å². The van der Waals surface area contributed by atoms with Gasteiger partial charge in [-0.05, 0) is 97.0 Å². The summed E-state index contributed by atoms with van der Waals surface area (Å²) in [6.45, 7) is 6.14. The summed E-state index contributed by atoms with van der Waals surface area (Å²) in [5, 5.41) is 10.5. The van der Waals surface area contributed by atoms with Gasteiger partial charge in [0.1, 0.15) is 12.4 Å². The van der Waals surface area contributed by atoms with Crippen molar-refractivity contribution in [3.63, 3.8) is 0 Å². The van der Waals surface area contributed by atoms with Crippen molar-refractivity contribution in [3.05, 3.63) is 96.7 Å². The van der Waals surface area contributed by atoms with E-state index in [-0.39, 0.29) is 13.2 Å². The highest BCUT2D eigenvalue weighted by Crippen LogP contribution is 2.35. The average molecular weight is 808 g/mol. The topological polar surface area (TPSA) is 120 Å². The molecule has 13 heteroatoms. The highest BCUT2D eigenvalue weighted by molar-refractivity contribution is 14.1. The van der Waals surface area contributed by atoms with Gasteiger partial charge < -0.3 is 29.6 Å². The minimum Gasteiger partial charge on any atom is -0.490 e. The Hall–Kier alpha value is -3.69. The number of thiocarbonyl (C=S) groups is 1. The first-order valence-electron chi connectivity index (χ1n) is 14.0. The first-order chi connectivity index (χ1) is 21.7. The number of allylic oxidation sites excluding steroid dienone is 1. The molecule has 1 atom stereocenters. The number of halogens is 2. The standard InChI is InChI=1S/C32H32BrIN4O6S/c1-4-41-26-15-21(14-24(34)30(26)44-17-20-10-12-22(33)13-11-20)16-35-38-27(39)18-43-25-9-7-6-8-23(25)29-28(31(40)42-5-2)19(3)36-32(45)37-29/h6-16,29H,4-5,17-18H2,1-3H3,(H,38,39)(H2,36,37,45)/t29-/m1/s1. The first kappa shape index (κ1) is 34.2. The number of rotatable bonds is 13. The number of hydrazone groups is 1. The van der Waals surface area contributed by atoms with Crippen LogP contribution in [0.15, 0.2) is 81.5 Å².